The molecule has 1 fully saturated rings. The van der Waals surface area contributed by atoms with E-state index >= 15 is 0 Å². The minimum atomic E-state index is -4.99. The molecule has 0 spiro atoms. The highest BCUT2D eigenvalue weighted by Crippen LogP contribution is 2.18. The maximum atomic E-state index is 11.7. The highest BCUT2D eigenvalue weighted by atomic mass is 32.2. The molecule has 0 aromatic carbocycles. The lowest BCUT2D eigenvalue weighted by Gasteiger charge is -2.21. The van der Waals surface area contributed by atoms with Crippen molar-refractivity contribution in [2.75, 3.05) is 5.75 Å². The smallest absolute Gasteiger partial charge is 0.350 e. The zero-order chi connectivity index (χ0) is 16.4. The highest BCUT2D eigenvalue weighted by Gasteiger charge is 2.36. The van der Waals surface area contributed by atoms with Crippen LogP contribution in [0.4, 0.5) is 0 Å². The highest BCUT2D eigenvalue weighted by molar-refractivity contribution is 8.01. The van der Waals surface area contributed by atoms with Gasteiger partial charge >= 0.3 is 5.97 Å². The predicted molar refractivity (Wildman–Crippen MR) is 68.3 cm³/mol. The normalized spacial score (nSPS) is 22.1. The molecule has 2 atom stereocenters. The number of nitrogens with zero attached hydrogens (tertiary/aromatic N) is 1. The van der Waals surface area contributed by atoms with Gasteiger partial charge in [0.15, 0.2) is 5.25 Å². The van der Waals surface area contributed by atoms with E-state index in [-0.39, 0.29) is 16.1 Å². The summed E-state index contributed by atoms with van der Waals surface area (Å²) < 4.78 is 40.5. The number of hydroxylamine groups is 2. The number of carbonyl (C=O) groups excluding carboxylic acids is 3. The molecule has 0 aliphatic carbocycles. The van der Waals surface area contributed by atoms with Gasteiger partial charge in [-0.05, 0) is 5.25 Å². The van der Waals surface area contributed by atoms with Gasteiger partial charge in [-0.2, -0.15) is 11.8 Å². The Morgan fingerprint density at radius 3 is 2.50 bits per heavy atom. The Kier molecular flexibility index (Phi) is 5.00. The summed E-state index contributed by atoms with van der Waals surface area (Å²) in [4.78, 5) is 38.9. The minimum absolute atomic E-state index is 0.0327. The van der Waals surface area contributed by atoms with Crippen molar-refractivity contribution in [1.29, 1.82) is 0 Å². The van der Waals surface area contributed by atoms with Gasteiger partial charge in [-0.3, -0.25) is 9.59 Å². The van der Waals surface area contributed by atoms with Crippen LogP contribution in [0.15, 0.2) is 0 Å². The van der Waals surface area contributed by atoms with Crippen molar-refractivity contribution in [3.63, 3.8) is 0 Å². The van der Waals surface area contributed by atoms with Crippen LogP contribution in [-0.4, -0.2) is 52.1 Å². The van der Waals surface area contributed by atoms with E-state index in [2.05, 4.69) is 4.84 Å². The van der Waals surface area contributed by atoms with Gasteiger partial charge in [-0.1, -0.05) is 13.8 Å². The van der Waals surface area contributed by atoms with Gasteiger partial charge in [-0.15, -0.1) is 5.06 Å². The van der Waals surface area contributed by atoms with E-state index in [1.807, 2.05) is 0 Å². The summed E-state index contributed by atoms with van der Waals surface area (Å²) in [6.45, 7) is 3.48. The standard InChI is InChI=1S/C10H15NO7S2/c1-6(2)19-5-7(20(15,16)17)10(14)18-11-8(12)3-4-9(11)13/h6-7H,3-5H2,1-2H3,(H,15,16,17)/p-1/i3D. The van der Waals surface area contributed by atoms with Gasteiger partial charge in [0.2, 0.25) is 0 Å². The molecular weight excluding hydrogens is 310 g/mol. The molecule has 0 radical (unpaired) electrons. The second kappa shape index (κ2) is 6.55. The topological polar surface area (TPSA) is 121 Å². The first-order chi connectivity index (χ1) is 9.54. The lowest BCUT2D eigenvalue weighted by Crippen LogP contribution is -2.41. The molecular formula is C10H14NO7S2-. The van der Waals surface area contributed by atoms with Crippen LogP contribution in [0.5, 0.6) is 0 Å². The van der Waals surface area contributed by atoms with Crippen molar-refractivity contribution < 1.29 is 33.6 Å². The molecule has 1 heterocycles. The Balaban J connectivity index is 2.82. The van der Waals surface area contributed by atoms with Crippen LogP contribution in [0.2, 0.25) is 0 Å². The number of imide groups is 1. The molecule has 10 heteroatoms. The Hall–Kier alpha value is -1.13. The Bertz CT molecular complexity index is 548. The lowest BCUT2D eigenvalue weighted by atomic mass is 10.4. The van der Waals surface area contributed by atoms with Gasteiger partial charge < -0.3 is 9.39 Å². The van der Waals surface area contributed by atoms with Crippen LogP contribution in [0.25, 0.3) is 0 Å². The van der Waals surface area contributed by atoms with E-state index in [0.29, 0.717) is 0 Å². The van der Waals surface area contributed by atoms with Crippen molar-refractivity contribution in [3.05, 3.63) is 0 Å². The van der Waals surface area contributed by atoms with E-state index in [1.165, 1.54) is 0 Å². The summed E-state index contributed by atoms with van der Waals surface area (Å²) in [6, 6.07) is 0. The van der Waals surface area contributed by atoms with Crippen LogP contribution in [0.3, 0.4) is 0 Å². The average Bonchev–Trinajstić information content (AvgIpc) is 2.54. The van der Waals surface area contributed by atoms with Crippen molar-refractivity contribution in [1.82, 2.24) is 5.06 Å². The number of hydrogen-bond acceptors (Lipinski definition) is 8. The first kappa shape index (κ1) is 15.3. The largest absolute Gasteiger partial charge is 0.747 e. The van der Waals surface area contributed by atoms with E-state index in [4.69, 9.17) is 1.37 Å². The molecule has 1 rings (SSSR count). The third-order valence-electron chi connectivity index (χ3n) is 2.25. The van der Waals surface area contributed by atoms with Crippen molar-refractivity contribution in [2.45, 2.75) is 37.2 Å². The second-order valence-corrected chi connectivity index (χ2v) is 7.37. The molecule has 1 aliphatic rings. The molecule has 8 nitrogen and oxygen atoms in total. The van der Waals surface area contributed by atoms with Crippen LogP contribution in [0.1, 0.15) is 28.0 Å². The van der Waals surface area contributed by atoms with Crippen molar-refractivity contribution in [2.24, 2.45) is 0 Å². The molecule has 0 saturated carbocycles. The Labute approximate surface area is 121 Å². The zero-order valence-electron chi connectivity index (χ0n) is 11.8. The van der Waals surface area contributed by atoms with Crippen LogP contribution < -0.4 is 0 Å². The summed E-state index contributed by atoms with van der Waals surface area (Å²) in [5.41, 5.74) is 0. The third kappa shape index (κ3) is 4.46. The maximum absolute atomic E-state index is 11.7. The Morgan fingerprint density at radius 2 is 2.10 bits per heavy atom. The van der Waals surface area contributed by atoms with E-state index in [0.717, 1.165) is 11.8 Å². The predicted octanol–water partition coefficient (Wildman–Crippen LogP) is -0.351. The molecule has 20 heavy (non-hydrogen) atoms. The number of thioether (sulfide) groups is 1. The fourth-order valence-electron chi connectivity index (χ4n) is 1.26. The van der Waals surface area contributed by atoms with Gasteiger partial charge in [0, 0.05) is 19.9 Å². The lowest BCUT2D eigenvalue weighted by molar-refractivity contribution is -0.196. The molecule has 1 saturated heterocycles. The Morgan fingerprint density at radius 1 is 1.50 bits per heavy atom. The first-order valence-corrected chi connectivity index (χ1v) is 8.13. The fraction of sp³-hybridized carbons (Fsp3) is 0.700. The molecule has 1 aliphatic heterocycles. The monoisotopic (exact) mass is 325 g/mol. The molecule has 2 amide bonds. The molecule has 0 aromatic rings. The number of hydrogen-bond donors (Lipinski definition) is 0. The molecule has 2 unspecified atom stereocenters. The van der Waals surface area contributed by atoms with E-state index in [1.54, 1.807) is 13.8 Å². The molecule has 0 bridgehead atoms. The van der Waals surface area contributed by atoms with Crippen LogP contribution in [-0.2, 0) is 29.3 Å². The van der Waals surface area contributed by atoms with Crippen molar-refractivity contribution >= 4 is 39.7 Å². The minimum Gasteiger partial charge on any atom is -0.747 e. The number of amides is 2. The molecule has 114 valence electrons. The fourth-order valence-corrected chi connectivity index (χ4v) is 3.13. The van der Waals surface area contributed by atoms with E-state index in [9.17, 15) is 27.4 Å². The van der Waals surface area contributed by atoms with Gasteiger partial charge in [0.05, 0.1) is 0 Å². The van der Waals surface area contributed by atoms with Crippen molar-refractivity contribution in [3.8, 4) is 0 Å². The van der Waals surface area contributed by atoms with Gasteiger partial charge in [0.25, 0.3) is 11.8 Å². The van der Waals surface area contributed by atoms with Crippen LogP contribution in [0, 0.1) is 0 Å². The zero-order valence-corrected chi connectivity index (χ0v) is 12.4. The molecule has 0 aromatic heterocycles. The maximum Gasteiger partial charge on any atom is 0.350 e. The average molecular weight is 325 g/mol. The van der Waals surface area contributed by atoms with Crippen LogP contribution >= 0.6 is 11.8 Å². The third-order valence-corrected chi connectivity index (χ3v) is 4.71. The number of rotatable bonds is 6. The van der Waals surface area contributed by atoms with Gasteiger partial charge in [-0.25, -0.2) is 13.2 Å². The summed E-state index contributed by atoms with van der Waals surface area (Å²) >= 11 is 1.05. The molecule has 0 N–H and O–H groups in total. The summed E-state index contributed by atoms with van der Waals surface area (Å²) in [6.07, 6.45) is -1.85. The second-order valence-electron chi connectivity index (χ2n) is 4.21. The summed E-state index contributed by atoms with van der Waals surface area (Å²) in [7, 11) is -4.99. The summed E-state index contributed by atoms with van der Waals surface area (Å²) in [5, 5.41) is -2.00. The van der Waals surface area contributed by atoms with E-state index < -0.39 is 46.0 Å². The quantitative estimate of drug-likeness (QED) is 0.480. The SMILES string of the molecule is [2H]C1CC(=O)N(OC(=O)C(CSC(C)C)S(=O)(=O)[O-])C1=O. The number of carbonyl (C=O) groups is 3. The van der Waals surface area contributed by atoms with Gasteiger partial charge in [0.1, 0.15) is 10.1 Å². The first-order valence-electron chi connectivity index (χ1n) is 6.19. The summed E-state index contributed by atoms with van der Waals surface area (Å²) in [5.74, 6) is -3.82.